The third-order valence-electron chi connectivity index (χ3n) is 6.49. The van der Waals surface area contributed by atoms with E-state index in [-0.39, 0.29) is 32.1 Å². The van der Waals surface area contributed by atoms with Gasteiger partial charge in [0.1, 0.15) is 19.1 Å². The van der Waals surface area contributed by atoms with Crippen LogP contribution in [0.5, 0.6) is 0 Å². The topological polar surface area (TPSA) is 161 Å². The SMILES string of the molecule is C[Si](C)(C)CCOCn1cc(CCC(=O)Nc2ccc3ncn([C@H]4C[C@H](O)[C@@H](CO)O4)c3c2)c(=O)[nH]c1=O. The number of anilines is 1. The van der Waals surface area contributed by atoms with E-state index in [1.807, 2.05) is 0 Å². The number of aromatic nitrogens is 4. The second-order valence-corrected chi connectivity index (χ2v) is 16.4. The molecule has 0 bridgehead atoms. The van der Waals surface area contributed by atoms with Crippen LogP contribution in [0.1, 0.15) is 24.6 Å². The zero-order chi connectivity index (χ0) is 27.4. The molecule has 3 atom stereocenters. The predicted octanol–water partition coefficient (Wildman–Crippen LogP) is 1.41. The van der Waals surface area contributed by atoms with Gasteiger partial charge in [-0.25, -0.2) is 9.78 Å². The number of carbonyl (C=O) groups excluding carboxylic acids is 1. The number of amides is 1. The number of fused-ring (bicyclic) bond motifs is 1. The van der Waals surface area contributed by atoms with Crippen molar-refractivity contribution in [3.05, 3.63) is 57.1 Å². The van der Waals surface area contributed by atoms with Gasteiger partial charge >= 0.3 is 5.69 Å². The fraction of sp³-hybridized carbons (Fsp3) is 0.520. The van der Waals surface area contributed by atoms with Crippen LogP contribution in [0.3, 0.4) is 0 Å². The summed E-state index contributed by atoms with van der Waals surface area (Å²) in [5.74, 6) is -0.299. The summed E-state index contributed by atoms with van der Waals surface area (Å²) < 4.78 is 14.4. The number of hydrogen-bond acceptors (Lipinski definition) is 8. The van der Waals surface area contributed by atoms with E-state index in [4.69, 9.17) is 9.47 Å². The molecular weight excluding hydrogens is 510 g/mol. The van der Waals surface area contributed by atoms with Gasteiger partial charge in [0, 0.05) is 45.0 Å². The molecule has 1 aliphatic rings. The first-order valence-electron chi connectivity index (χ1n) is 12.7. The number of imidazole rings is 1. The Labute approximate surface area is 220 Å². The van der Waals surface area contributed by atoms with E-state index in [2.05, 4.69) is 34.9 Å². The lowest BCUT2D eigenvalue weighted by Gasteiger charge is -2.15. The first kappa shape index (κ1) is 27.9. The van der Waals surface area contributed by atoms with E-state index >= 15 is 0 Å². The molecule has 3 heterocycles. The van der Waals surface area contributed by atoms with Crippen molar-refractivity contribution in [1.82, 2.24) is 19.1 Å². The minimum Gasteiger partial charge on any atom is -0.394 e. The first-order chi connectivity index (χ1) is 18.0. The standard InChI is InChI=1S/C25H35N5O7Si/c1-38(2,3)9-8-36-15-29-12-16(24(34)28-25(29)35)4-7-22(33)27-17-5-6-18-19(10-17)30(14-26-18)23-11-20(32)21(13-31)37-23/h5-6,10,12,14,20-21,23,31-32H,4,7-9,11,13,15H2,1-3H3,(H,27,33)(H,28,34,35)/t20-,21+,23+/m0/s1. The third kappa shape index (κ3) is 6.85. The van der Waals surface area contributed by atoms with Crippen molar-refractivity contribution in [3.8, 4) is 0 Å². The second kappa shape index (κ2) is 11.7. The highest BCUT2D eigenvalue weighted by atomic mass is 28.3. The molecule has 1 saturated heterocycles. The molecule has 4 rings (SSSR count). The van der Waals surface area contributed by atoms with Gasteiger partial charge < -0.3 is 29.6 Å². The van der Waals surface area contributed by atoms with Gasteiger partial charge in [-0.3, -0.25) is 19.1 Å². The number of aryl methyl sites for hydroxylation is 1. The summed E-state index contributed by atoms with van der Waals surface area (Å²) in [5.41, 5.74) is 1.18. The Bertz CT molecular complexity index is 1390. The molecule has 1 amide bonds. The summed E-state index contributed by atoms with van der Waals surface area (Å²) in [7, 11) is -1.26. The lowest BCUT2D eigenvalue weighted by atomic mass is 10.1. The van der Waals surface area contributed by atoms with Gasteiger partial charge in [-0.15, -0.1) is 0 Å². The highest BCUT2D eigenvalue weighted by molar-refractivity contribution is 6.76. The second-order valence-electron chi connectivity index (χ2n) is 10.7. The normalized spacial score (nSPS) is 19.8. The van der Waals surface area contributed by atoms with Gasteiger partial charge in [-0.1, -0.05) is 19.6 Å². The van der Waals surface area contributed by atoms with Gasteiger partial charge in [-0.2, -0.15) is 0 Å². The van der Waals surface area contributed by atoms with E-state index in [0.717, 1.165) is 6.04 Å². The van der Waals surface area contributed by atoms with Gasteiger partial charge in [0.25, 0.3) is 5.56 Å². The lowest BCUT2D eigenvalue weighted by molar-refractivity contribution is -0.116. The number of H-pyrrole nitrogens is 1. The number of rotatable bonds is 11. The molecule has 206 valence electrons. The Morgan fingerprint density at radius 1 is 1.32 bits per heavy atom. The van der Waals surface area contributed by atoms with Crippen LogP contribution in [0.4, 0.5) is 5.69 Å². The van der Waals surface area contributed by atoms with Crippen molar-refractivity contribution in [3.63, 3.8) is 0 Å². The minimum atomic E-state index is -1.26. The third-order valence-corrected chi connectivity index (χ3v) is 8.19. The maximum Gasteiger partial charge on any atom is 0.330 e. The molecule has 1 fully saturated rings. The highest BCUT2D eigenvalue weighted by Gasteiger charge is 2.35. The fourth-order valence-electron chi connectivity index (χ4n) is 4.22. The molecule has 0 saturated carbocycles. The molecule has 2 aromatic heterocycles. The van der Waals surface area contributed by atoms with Crippen LogP contribution >= 0.6 is 0 Å². The van der Waals surface area contributed by atoms with Gasteiger partial charge in [0.2, 0.25) is 5.91 Å². The average Bonchev–Trinajstić information content (AvgIpc) is 3.44. The van der Waals surface area contributed by atoms with Crippen molar-refractivity contribution in [2.75, 3.05) is 18.5 Å². The summed E-state index contributed by atoms with van der Waals surface area (Å²) in [5, 5.41) is 22.3. The van der Waals surface area contributed by atoms with Crippen LogP contribution in [0.15, 0.2) is 40.3 Å². The van der Waals surface area contributed by atoms with Gasteiger partial charge in [0.05, 0.1) is 30.1 Å². The quantitative estimate of drug-likeness (QED) is 0.208. The number of nitrogens with zero attached hydrogens (tertiary/aromatic N) is 3. The van der Waals surface area contributed by atoms with Crippen LogP contribution in [-0.2, 0) is 27.4 Å². The molecule has 1 aromatic carbocycles. The van der Waals surface area contributed by atoms with Gasteiger partial charge in [0.15, 0.2) is 0 Å². The number of ether oxygens (including phenoxy) is 2. The summed E-state index contributed by atoms with van der Waals surface area (Å²) in [6, 6.07) is 6.21. The smallest absolute Gasteiger partial charge is 0.330 e. The van der Waals surface area contributed by atoms with Crippen molar-refractivity contribution >= 4 is 30.7 Å². The zero-order valence-electron chi connectivity index (χ0n) is 21.8. The molecule has 13 heteroatoms. The van der Waals surface area contributed by atoms with Crippen LogP contribution < -0.4 is 16.6 Å². The zero-order valence-corrected chi connectivity index (χ0v) is 22.8. The van der Waals surface area contributed by atoms with Crippen molar-refractivity contribution < 1.29 is 24.5 Å². The molecule has 38 heavy (non-hydrogen) atoms. The lowest BCUT2D eigenvalue weighted by Crippen LogP contribution is -2.33. The van der Waals surface area contributed by atoms with Crippen molar-refractivity contribution in [2.24, 2.45) is 0 Å². The number of aliphatic hydroxyl groups is 2. The monoisotopic (exact) mass is 545 g/mol. The Kier molecular flexibility index (Phi) is 8.63. The Hall–Kier alpha value is -3.10. The first-order valence-corrected chi connectivity index (χ1v) is 16.4. The molecular formula is C25H35N5O7Si. The molecule has 0 spiro atoms. The summed E-state index contributed by atoms with van der Waals surface area (Å²) in [6.45, 7) is 7.01. The Morgan fingerprint density at radius 3 is 2.82 bits per heavy atom. The number of aliphatic hydroxyl groups excluding tert-OH is 2. The summed E-state index contributed by atoms with van der Waals surface area (Å²) in [6.07, 6.45) is 1.62. The Balaban J connectivity index is 1.38. The number of nitrogens with one attached hydrogen (secondary N) is 2. The molecule has 3 aromatic rings. The molecule has 0 unspecified atom stereocenters. The van der Waals surface area contributed by atoms with E-state index in [1.165, 1.54) is 10.8 Å². The molecule has 12 nitrogen and oxygen atoms in total. The van der Waals surface area contributed by atoms with Crippen molar-refractivity contribution in [2.45, 2.75) is 70.1 Å². The van der Waals surface area contributed by atoms with E-state index in [9.17, 15) is 24.6 Å². The molecule has 0 radical (unpaired) electrons. The highest BCUT2D eigenvalue weighted by Crippen LogP contribution is 2.32. The van der Waals surface area contributed by atoms with E-state index < -0.39 is 37.8 Å². The Morgan fingerprint density at radius 2 is 2.11 bits per heavy atom. The van der Waals surface area contributed by atoms with Crippen LogP contribution in [0.25, 0.3) is 11.0 Å². The predicted molar refractivity (Wildman–Crippen MR) is 144 cm³/mol. The largest absolute Gasteiger partial charge is 0.394 e. The maximum atomic E-state index is 12.7. The summed E-state index contributed by atoms with van der Waals surface area (Å²) >= 11 is 0. The number of aromatic amines is 1. The summed E-state index contributed by atoms with van der Waals surface area (Å²) in [4.78, 5) is 43.7. The minimum absolute atomic E-state index is 0.0329. The maximum absolute atomic E-state index is 12.7. The van der Waals surface area contributed by atoms with E-state index in [1.54, 1.807) is 29.1 Å². The molecule has 4 N–H and O–H groups in total. The number of hydrogen-bond donors (Lipinski definition) is 4. The average molecular weight is 546 g/mol. The molecule has 0 aliphatic carbocycles. The van der Waals surface area contributed by atoms with Crippen LogP contribution in [0, 0.1) is 0 Å². The number of carbonyl (C=O) groups is 1. The molecule has 1 aliphatic heterocycles. The van der Waals surface area contributed by atoms with Crippen LogP contribution in [-0.4, -0.2) is 68.7 Å². The van der Waals surface area contributed by atoms with Crippen molar-refractivity contribution in [1.29, 1.82) is 0 Å². The number of benzene rings is 1. The fourth-order valence-corrected chi connectivity index (χ4v) is 4.98. The van der Waals surface area contributed by atoms with E-state index in [0.29, 0.717) is 35.3 Å². The van der Waals surface area contributed by atoms with Crippen LogP contribution in [0.2, 0.25) is 25.7 Å². The van der Waals surface area contributed by atoms with Gasteiger partial charge in [-0.05, 0) is 30.7 Å².